The number of carbonyl (C=O) groups is 2. The first-order valence-corrected chi connectivity index (χ1v) is 6.68. The predicted molar refractivity (Wildman–Crippen MR) is 75.1 cm³/mol. The molecule has 0 aliphatic carbocycles. The number of ether oxygens (including phenoxy) is 1. The molecule has 0 spiro atoms. The van der Waals surface area contributed by atoms with Gasteiger partial charge in [0, 0.05) is 0 Å². The lowest BCUT2D eigenvalue weighted by atomic mass is 9.99. The molecule has 0 fully saturated rings. The molecule has 0 bridgehead atoms. The molecule has 2 N–H and O–H groups in total. The van der Waals surface area contributed by atoms with Crippen LogP contribution in [0.15, 0.2) is 30.3 Å². The third kappa shape index (κ3) is 5.40. The first-order chi connectivity index (χ1) is 9.54. The Labute approximate surface area is 118 Å². The predicted octanol–water partition coefficient (Wildman–Crippen LogP) is 1.82. The Hall–Kier alpha value is -1.88. The average Bonchev–Trinajstić information content (AvgIpc) is 2.45. The topological polar surface area (TPSA) is 75.6 Å². The highest BCUT2D eigenvalue weighted by Crippen LogP contribution is 2.08. The summed E-state index contributed by atoms with van der Waals surface area (Å²) in [6.07, 6.45) is 0.683. The normalized spacial score (nSPS) is 13.5. The van der Waals surface area contributed by atoms with E-state index in [-0.39, 0.29) is 12.5 Å². The minimum atomic E-state index is -1.02. The highest BCUT2D eigenvalue weighted by molar-refractivity contribution is 5.84. The Balaban J connectivity index is 2.37. The largest absolute Gasteiger partial charge is 0.480 e. The molecule has 1 aromatic rings. The van der Waals surface area contributed by atoms with Crippen molar-refractivity contribution in [1.82, 2.24) is 5.32 Å². The molecule has 20 heavy (non-hydrogen) atoms. The average molecular weight is 279 g/mol. The SMILES string of the molecule is CC[C@H](C)[C@@H](NC(=O)COCc1ccccc1)C(=O)O. The summed E-state index contributed by atoms with van der Waals surface area (Å²) in [6, 6.07) is 8.62. The van der Waals surface area contributed by atoms with Crippen molar-refractivity contribution >= 4 is 11.9 Å². The van der Waals surface area contributed by atoms with Crippen LogP contribution in [0.5, 0.6) is 0 Å². The molecule has 0 saturated heterocycles. The molecule has 1 aromatic carbocycles. The van der Waals surface area contributed by atoms with Gasteiger partial charge in [-0.1, -0.05) is 50.6 Å². The number of hydrogen-bond acceptors (Lipinski definition) is 3. The molecule has 0 saturated carbocycles. The maximum absolute atomic E-state index is 11.7. The van der Waals surface area contributed by atoms with Crippen LogP contribution in [-0.4, -0.2) is 29.6 Å². The summed E-state index contributed by atoms with van der Waals surface area (Å²) in [5, 5.41) is 11.6. The zero-order valence-electron chi connectivity index (χ0n) is 11.8. The van der Waals surface area contributed by atoms with Crippen LogP contribution in [-0.2, 0) is 20.9 Å². The summed E-state index contributed by atoms with van der Waals surface area (Å²) in [7, 11) is 0. The molecular formula is C15H21NO4. The third-order valence-corrected chi connectivity index (χ3v) is 3.14. The maximum atomic E-state index is 11.7. The summed E-state index contributed by atoms with van der Waals surface area (Å²) in [5.74, 6) is -1.55. The minimum absolute atomic E-state index is 0.120. The van der Waals surface area contributed by atoms with E-state index in [0.717, 1.165) is 5.56 Å². The lowest BCUT2D eigenvalue weighted by molar-refractivity contribution is -0.144. The lowest BCUT2D eigenvalue weighted by Crippen LogP contribution is -2.46. The van der Waals surface area contributed by atoms with Gasteiger partial charge < -0.3 is 15.2 Å². The fraction of sp³-hybridized carbons (Fsp3) is 0.467. The van der Waals surface area contributed by atoms with Gasteiger partial charge in [0.05, 0.1) is 6.61 Å². The van der Waals surface area contributed by atoms with Crippen LogP contribution < -0.4 is 5.32 Å². The van der Waals surface area contributed by atoms with E-state index in [1.54, 1.807) is 6.92 Å². The molecule has 0 aliphatic heterocycles. The van der Waals surface area contributed by atoms with E-state index < -0.39 is 17.9 Å². The number of nitrogens with one attached hydrogen (secondary N) is 1. The standard InChI is InChI=1S/C15H21NO4/c1-3-11(2)14(15(18)19)16-13(17)10-20-9-12-7-5-4-6-8-12/h4-8,11,14H,3,9-10H2,1-2H3,(H,16,17)(H,18,19)/t11-,14+/m0/s1. The Morgan fingerprint density at radius 2 is 1.95 bits per heavy atom. The molecule has 110 valence electrons. The van der Waals surface area contributed by atoms with Crippen molar-refractivity contribution < 1.29 is 19.4 Å². The molecule has 0 unspecified atom stereocenters. The minimum Gasteiger partial charge on any atom is -0.480 e. The number of benzene rings is 1. The molecule has 0 aromatic heterocycles. The van der Waals surface area contributed by atoms with Gasteiger partial charge in [0.1, 0.15) is 12.6 Å². The maximum Gasteiger partial charge on any atom is 0.326 e. The molecule has 0 aliphatic rings. The van der Waals surface area contributed by atoms with E-state index in [0.29, 0.717) is 13.0 Å². The Morgan fingerprint density at radius 3 is 2.50 bits per heavy atom. The van der Waals surface area contributed by atoms with Gasteiger partial charge in [-0.2, -0.15) is 0 Å². The van der Waals surface area contributed by atoms with Crippen LogP contribution in [0.1, 0.15) is 25.8 Å². The van der Waals surface area contributed by atoms with Crippen molar-refractivity contribution in [3.05, 3.63) is 35.9 Å². The zero-order valence-corrected chi connectivity index (χ0v) is 11.8. The van der Waals surface area contributed by atoms with Gasteiger partial charge in [0.25, 0.3) is 0 Å². The van der Waals surface area contributed by atoms with E-state index in [2.05, 4.69) is 5.32 Å². The van der Waals surface area contributed by atoms with E-state index >= 15 is 0 Å². The number of carboxylic acids is 1. The number of carboxylic acid groups (broad SMARTS) is 1. The van der Waals surface area contributed by atoms with E-state index in [1.165, 1.54) is 0 Å². The second-order valence-electron chi connectivity index (χ2n) is 4.75. The van der Waals surface area contributed by atoms with Crippen molar-refractivity contribution in [2.75, 3.05) is 6.61 Å². The molecule has 5 heteroatoms. The molecular weight excluding hydrogens is 258 g/mol. The molecule has 0 heterocycles. The quantitative estimate of drug-likeness (QED) is 0.761. The van der Waals surface area contributed by atoms with Gasteiger partial charge in [-0.05, 0) is 11.5 Å². The number of carbonyl (C=O) groups excluding carboxylic acids is 1. The van der Waals surface area contributed by atoms with Crippen LogP contribution in [0.25, 0.3) is 0 Å². The summed E-state index contributed by atoms with van der Waals surface area (Å²) >= 11 is 0. The highest BCUT2D eigenvalue weighted by atomic mass is 16.5. The van der Waals surface area contributed by atoms with Gasteiger partial charge in [-0.3, -0.25) is 4.79 Å². The first kappa shape index (κ1) is 16.2. The number of rotatable bonds is 8. The van der Waals surface area contributed by atoms with Crippen molar-refractivity contribution in [3.8, 4) is 0 Å². The first-order valence-electron chi connectivity index (χ1n) is 6.68. The van der Waals surface area contributed by atoms with Gasteiger partial charge in [0.2, 0.25) is 5.91 Å². The van der Waals surface area contributed by atoms with Gasteiger partial charge in [-0.25, -0.2) is 4.79 Å². The van der Waals surface area contributed by atoms with Gasteiger partial charge in [-0.15, -0.1) is 0 Å². The van der Waals surface area contributed by atoms with E-state index in [9.17, 15) is 9.59 Å². The highest BCUT2D eigenvalue weighted by Gasteiger charge is 2.25. The van der Waals surface area contributed by atoms with E-state index in [4.69, 9.17) is 9.84 Å². The summed E-state index contributed by atoms with van der Waals surface area (Å²) in [4.78, 5) is 22.7. The fourth-order valence-corrected chi connectivity index (χ4v) is 1.73. The smallest absolute Gasteiger partial charge is 0.326 e. The molecule has 1 rings (SSSR count). The van der Waals surface area contributed by atoms with E-state index in [1.807, 2.05) is 37.3 Å². The Bertz CT molecular complexity index is 433. The van der Waals surface area contributed by atoms with Crippen molar-refractivity contribution in [1.29, 1.82) is 0 Å². The van der Waals surface area contributed by atoms with Crippen LogP contribution in [0, 0.1) is 5.92 Å². The molecule has 0 radical (unpaired) electrons. The number of hydrogen-bond donors (Lipinski definition) is 2. The molecule has 2 atom stereocenters. The van der Waals surface area contributed by atoms with Crippen LogP contribution in [0.2, 0.25) is 0 Å². The molecule has 5 nitrogen and oxygen atoms in total. The van der Waals surface area contributed by atoms with Gasteiger partial charge in [0.15, 0.2) is 0 Å². The molecule has 1 amide bonds. The summed E-state index contributed by atoms with van der Waals surface area (Å²) in [6.45, 7) is 3.87. The van der Waals surface area contributed by atoms with Crippen molar-refractivity contribution in [3.63, 3.8) is 0 Å². The summed E-state index contributed by atoms with van der Waals surface area (Å²) < 4.78 is 5.27. The van der Waals surface area contributed by atoms with Crippen molar-refractivity contribution in [2.45, 2.75) is 32.9 Å². The second-order valence-corrected chi connectivity index (χ2v) is 4.75. The zero-order chi connectivity index (χ0) is 15.0. The number of amides is 1. The fourth-order valence-electron chi connectivity index (χ4n) is 1.73. The second kappa shape index (κ2) is 8.32. The van der Waals surface area contributed by atoms with Crippen molar-refractivity contribution in [2.24, 2.45) is 5.92 Å². The Morgan fingerprint density at radius 1 is 1.30 bits per heavy atom. The monoisotopic (exact) mass is 279 g/mol. The van der Waals surface area contributed by atoms with Crippen LogP contribution in [0.3, 0.4) is 0 Å². The lowest BCUT2D eigenvalue weighted by Gasteiger charge is -2.20. The summed E-state index contributed by atoms with van der Waals surface area (Å²) in [5.41, 5.74) is 0.969. The third-order valence-electron chi connectivity index (χ3n) is 3.14. The number of aliphatic carboxylic acids is 1. The van der Waals surface area contributed by atoms with Crippen LogP contribution in [0.4, 0.5) is 0 Å². The van der Waals surface area contributed by atoms with Gasteiger partial charge >= 0.3 is 5.97 Å². The Kier molecular flexibility index (Phi) is 6.73. The van der Waals surface area contributed by atoms with Crippen LogP contribution >= 0.6 is 0 Å².